The molecule has 2 aromatic carbocycles. The Hall–Kier alpha value is -3.97. The summed E-state index contributed by atoms with van der Waals surface area (Å²) in [5.74, 6) is 0. The van der Waals surface area contributed by atoms with Crippen LogP contribution in [0.4, 0.5) is 5.69 Å². The van der Waals surface area contributed by atoms with Gasteiger partial charge in [0.05, 0.1) is 16.7 Å². The summed E-state index contributed by atoms with van der Waals surface area (Å²) in [5, 5.41) is 21.2. The second-order valence-corrected chi connectivity index (χ2v) is 4.77. The number of anilines is 1. The lowest BCUT2D eigenvalue weighted by atomic mass is 10.1. The lowest BCUT2D eigenvalue weighted by Crippen LogP contribution is -2.12. The maximum atomic E-state index is 12.3. The van der Waals surface area contributed by atoms with E-state index < -0.39 is 0 Å². The number of nitriles is 2. The normalized spacial score (nSPS) is 9.75. The molecule has 3 rings (SSSR count). The molecule has 0 radical (unpaired) electrons. The predicted octanol–water partition coefficient (Wildman–Crippen LogP) is 2.41. The van der Waals surface area contributed by atoms with E-state index in [0.29, 0.717) is 22.3 Å². The number of para-hydroxylation sites is 3. The SMILES string of the molecule is N#CC(C#N)=NNc1ccccc1-c1nc2ccccc2[nH]c1=O. The number of aromatic nitrogens is 2. The number of rotatable bonds is 3. The van der Waals surface area contributed by atoms with E-state index in [2.05, 4.69) is 20.5 Å². The fourth-order valence-corrected chi connectivity index (χ4v) is 2.19. The first-order chi connectivity index (χ1) is 11.7. The molecule has 0 unspecified atom stereocenters. The number of nitrogens with one attached hydrogen (secondary N) is 2. The number of aromatic amines is 1. The van der Waals surface area contributed by atoms with Gasteiger partial charge in [-0.3, -0.25) is 10.2 Å². The van der Waals surface area contributed by atoms with Gasteiger partial charge < -0.3 is 4.98 Å². The molecular weight excluding hydrogens is 304 g/mol. The van der Waals surface area contributed by atoms with Gasteiger partial charge in [-0.25, -0.2) is 4.98 Å². The van der Waals surface area contributed by atoms with Crippen LogP contribution in [0.2, 0.25) is 0 Å². The fourth-order valence-electron chi connectivity index (χ4n) is 2.19. The molecule has 0 amide bonds. The van der Waals surface area contributed by atoms with Crippen LogP contribution in [0.5, 0.6) is 0 Å². The number of hydrogen-bond acceptors (Lipinski definition) is 6. The van der Waals surface area contributed by atoms with Crippen molar-refractivity contribution in [1.29, 1.82) is 10.5 Å². The zero-order valence-electron chi connectivity index (χ0n) is 12.3. The first kappa shape index (κ1) is 14.9. The highest BCUT2D eigenvalue weighted by Crippen LogP contribution is 2.24. The van der Waals surface area contributed by atoms with E-state index in [9.17, 15) is 4.79 Å². The molecule has 1 aromatic heterocycles. The fraction of sp³-hybridized carbons (Fsp3) is 0. The van der Waals surface area contributed by atoms with Crippen molar-refractivity contribution in [3.05, 3.63) is 58.9 Å². The third-order valence-corrected chi connectivity index (χ3v) is 3.28. The summed E-state index contributed by atoms with van der Waals surface area (Å²) in [6.45, 7) is 0. The highest BCUT2D eigenvalue weighted by Gasteiger charge is 2.11. The summed E-state index contributed by atoms with van der Waals surface area (Å²) in [6, 6.07) is 17.4. The molecule has 0 bridgehead atoms. The lowest BCUT2D eigenvalue weighted by Gasteiger charge is -2.08. The largest absolute Gasteiger partial charge is 0.319 e. The lowest BCUT2D eigenvalue weighted by molar-refractivity contribution is 1.21. The van der Waals surface area contributed by atoms with E-state index >= 15 is 0 Å². The summed E-state index contributed by atoms with van der Waals surface area (Å²) in [6.07, 6.45) is 0. The van der Waals surface area contributed by atoms with Gasteiger partial charge in [0.1, 0.15) is 17.8 Å². The van der Waals surface area contributed by atoms with Crippen molar-refractivity contribution in [2.45, 2.75) is 0 Å². The number of hydrazone groups is 1. The van der Waals surface area contributed by atoms with Crippen molar-refractivity contribution in [3.63, 3.8) is 0 Å². The Morgan fingerprint density at radius 1 is 1.08 bits per heavy atom. The first-order valence-electron chi connectivity index (χ1n) is 6.95. The molecule has 7 nitrogen and oxygen atoms in total. The van der Waals surface area contributed by atoms with E-state index in [-0.39, 0.29) is 17.0 Å². The molecule has 24 heavy (non-hydrogen) atoms. The van der Waals surface area contributed by atoms with Crippen LogP contribution in [-0.4, -0.2) is 15.7 Å². The molecule has 0 fully saturated rings. The molecule has 0 saturated carbocycles. The minimum absolute atomic E-state index is 0.225. The van der Waals surface area contributed by atoms with Gasteiger partial charge in [0.2, 0.25) is 5.71 Å². The van der Waals surface area contributed by atoms with Gasteiger partial charge in [0.15, 0.2) is 0 Å². The third kappa shape index (κ3) is 2.82. The highest BCUT2D eigenvalue weighted by atomic mass is 16.1. The molecule has 0 aliphatic heterocycles. The molecule has 114 valence electrons. The molecule has 1 heterocycles. The van der Waals surface area contributed by atoms with Crippen molar-refractivity contribution in [1.82, 2.24) is 9.97 Å². The van der Waals surface area contributed by atoms with Crippen molar-refractivity contribution < 1.29 is 0 Å². The zero-order valence-corrected chi connectivity index (χ0v) is 12.3. The van der Waals surface area contributed by atoms with Crippen molar-refractivity contribution in [2.75, 3.05) is 5.43 Å². The van der Waals surface area contributed by atoms with Gasteiger partial charge in [-0.1, -0.05) is 30.3 Å². The summed E-state index contributed by atoms with van der Waals surface area (Å²) >= 11 is 0. The van der Waals surface area contributed by atoms with Crippen LogP contribution >= 0.6 is 0 Å². The smallest absolute Gasteiger partial charge is 0.275 e. The monoisotopic (exact) mass is 314 g/mol. The van der Waals surface area contributed by atoms with E-state index in [1.807, 2.05) is 12.1 Å². The Bertz CT molecular complexity index is 1070. The summed E-state index contributed by atoms with van der Waals surface area (Å²) in [5.41, 5.74) is 4.49. The van der Waals surface area contributed by atoms with Gasteiger partial charge in [-0.05, 0) is 18.2 Å². The highest BCUT2D eigenvalue weighted by molar-refractivity contribution is 6.10. The van der Waals surface area contributed by atoms with Crippen LogP contribution in [-0.2, 0) is 0 Å². The van der Waals surface area contributed by atoms with Gasteiger partial charge in [0, 0.05) is 5.56 Å². The molecule has 0 atom stereocenters. The second-order valence-electron chi connectivity index (χ2n) is 4.77. The van der Waals surface area contributed by atoms with E-state index in [1.54, 1.807) is 48.5 Å². The number of benzene rings is 2. The van der Waals surface area contributed by atoms with E-state index in [1.165, 1.54) is 0 Å². The minimum Gasteiger partial charge on any atom is -0.319 e. The molecule has 2 N–H and O–H groups in total. The van der Waals surface area contributed by atoms with Gasteiger partial charge in [0.25, 0.3) is 5.56 Å². The maximum Gasteiger partial charge on any atom is 0.275 e. The predicted molar refractivity (Wildman–Crippen MR) is 90.1 cm³/mol. The Morgan fingerprint density at radius 2 is 1.79 bits per heavy atom. The minimum atomic E-state index is -0.340. The number of hydrogen-bond donors (Lipinski definition) is 2. The molecule has 3 aromatic rings. The van der Waals surface area contributed by atoms with Crippen LogP contribution in [0, 0.1) is 22.7 Å². The topological polar surface area (TPSA) is 118 Å². The Morgan fingerprint density at radius 3 is 2.58 bits per heavy atom. The Labute approximate surface area is 136 Å². The average molecular weight is 314 g/mol. The van der Waals surface area contributed by atoms with E-state index in [0.717, 1.165) is 0 Å². The van der Waals surface area contributed by atoms with Crippen LogP contribution in [0.15, 0.2) is 58.4 Å². The number of nitrogens with zero attached hydrogens (tertiary/aromatic N) is 4. The van der Waals surface area contributed by atoms with Gasteiger partial charge >= 0.3 is 0 Å². The Balaban J connectivity index is 2.13. The van der Waals surface area contributed by atoms with Gasteiger partial charge in [-0.15, -0.1) is 0 Å². The zero-order chi connectivity index (χ0) is 16.9. The molecule has 0 saturated heterocycles. The summed E-state index contributed by atoms with van der Waals surface area (Å²) in [7, 11) is 0. The van der Waals surface area contributed by atoms with Gasteiger partial charge in [-0.2, -0.15) is 15.6 Å². The average Bonchev–Trinajstić information content (AvgIpc) is 2.62. The molecule has 0 aliphatic rings. The van der Waals surface area contributed by atoms with Crippen LogP contribution < -0.4 is 11.0 Å². The van der Waals surface area contributed by atoms with Crippen molar-refractivity contribution in [2.24, 2.45) is 5.10 Å². The quantitative estimate of drug-likeness (QED) is 0.568. The van der Waals surface area contributed by atoms with Crippen molar-refractivity contribution in [3.8, 4) is 23.4 Å². The van der Waals surface area contributed by atoms with Crippen LogP contribution in [0.25, 0.3) is 22.3 Å². The number of fused-ring (bicyclic) bond motifs is 1. The molecule has 7 heteroatoms. The second kappa shape index (κ2) is 6.42. The third-order valence-electron chi connectivity index (χ3n) is 3.28. The van der Waals surface area contributed by atoms with Crippen LogP contribution in [0.1, 0.15) is 0 Å². The summed E-state index contributed by atoms with van der Waals surface area (Å²) in [4.78, 5) is 19.5. The number of H-pyrrole nitrogens is 1. The van der Waals surface area contributed by atoms with Crippen LogP contribution in [0.3, 0.4) is 0 Å². The maximum absolute atomic E-state index is 12.3. The first-order valence-corrected chi connectivity index (χ1v) is 6.95. The standard InChI is InChI=1S/C17H10N6O/c18-9-11(10-19)22-23-13-6-2-1-5-12(13)16-17(24)21-15-8-4-3-7-14(15)20-16/h1-8,23H,(H,21,24). The van der Waals surface area contributed by atoms with Crippen molar-refractivity contribution >= 4 is 22.4 Å². The summed E-state index contributed by atoms with van der Waals surface area (Å²) < 4.78 is 0. The molecular formula is C17H10N6O. The van der Waals surface area contributed by atoms with E-state index in [4.69, 9.17) is 10.5 Å². The Kier molecular flexibility index (Phi) is 4.00. The molecule has 0 aliphatic carbocycles. The molecule has 0 spiro atoms.